The van der Waals surface area contributed by atoms with Crippen molar-refractivity contribution in [2.45, 2.75) is 111 Å². The van der Waals surface area contributed by atoms with Gasteiger partial charge in [-0.2, -0.15) is 0 Å². The van der Waals surface area contributed by atoms with Crippen LogP contribution in [0.1, 0.15) is 99.3 Å². The van der Waals surface area contributed by atoms with Crippen molar-refractivity contribution < 1.29 is 4.74 Å². The molecule has 0 aromatic heterocycles. The zero-order chi connectivity index (χ0) is 15.2. The lowest BCUT2D eigenvalue weighted by molar-refractivity contribution is -0.129. The summed E-state index contributed by atoms with van der Waals surface area (Å²) in [7, 11) is 0. The van der Waals surface area contributed by atoms with Crippen LogP contribution in [0.2, 0.25) is 0 Å². The fourth-order valence-corrected chi connectivity index (χ4v) is 4.26. The van der Waals surface area contributed by atoms with E-state index < -0.39 is 0 Å². The van der Waals surface area contributed by atoms with Gasteiger partial charge in [-0.3, -0.25) is 0 Å². The van der Waals surface area contributed by atoms with E-state index in [0.29, 0.717) is 5.60 Å². The SMILES string of the molecule is CC.CC1(C)OC23CCCCC2CCC1C3.CCCC. The lowest BCUT2D eigenvalue weighted by Gasteiger charge is -2.43. The Bertz CT molecular complexity index is 269. The maximum atomic E-state index is 6.46. The molecule has 2 aliphatic carbocycles. The summed E-state index contributed by atoms with van der Waals surface area (Å²) < 4.78 is 6.46. The van der Waals surface area contributed by atoms with Gasteiger partial charge in [-0.25, -0.2) is 0 Å². The van der Waals surface area contributed by atoms with Crippen molar-refractivity contribution in [3.05, 3.63) is 0 Å². The maximum absolute atomic E-state index is 6.46. The molecule has 1 saturated heterocycles. The van der Waals surface area contributed by atoms with Crippen LogP contribution >= 0.6 is 0 Å². The van der Waals surface area contributed by atoms with Crippen LogP contribution in [0.3, 0.4) is 0 Å². The van der Waals surface area contributed by atoms with E-state index in [-0.39, 0.29) is 5.60 Å². The fourth-order valence-electron chi connectivity index (χ4n) is 4.26. The lowest BCUT2D eigenvalue weighted by atomic mass is 9.65. The van der Waals surface area contributed by atoms with Gasteiger partial charge in [0.25, 0.3) is 0 Å². The van der Waals surface area contributed by atoms with Crippen LogP contribution < -0.4 is 0 Å². The Hall–Kier alpha value is -0.0400. The standard InChI is InChI=1S/C13H22O.C4H10.C2H6/c1-12(2)11-7-6-10-5-3-4-8-13(10,9-11)14-12;1-3-4-2;1-2/h10-11H,3-9H2,1-2H3;3-4H2,1-2H3;1-2H3. The first-order valence-corrected chi connectivity index (χ1v) is 9.24. The number of fused-ring (bicyclic) bond motifs is 1. The summed E-state index contributed by atoms with van der Waals surface area (Å²) in [5.41, 5.74) is 0.497. The van der Waals surface area contributed by atoms with E-state index >= 15 is 0 Å². The van der Waals surface area contributed by atoms with Gasteiger partial charge in [0.15, 0.2) is 0 Å². The minimum Gasteiger partial charge on any atom is -0.369 e. The Morgan fingerprint density at radius 1 is 0.900 bits per heavy atom. The number of ether oxygens (including phenoxy) is 1. The number of hydrogen-bond acceptors (Lipinski definition) is 1. The molecule has 1 aliphatic heterocycles. The summed E-state index contributed by atoms with van der Waals surface area (Å²) in [4.78, 5) is 0. The van der Waals surface area contributed by atoms with Crippen LogP contribution in [0.5, 0.6) is 0 Å². The van der Waals surface area contributed by atoms with Gasteiger partial charge in [0, 0.05) is 0 Å². The third kappa shape index (κ3) is 3.78. The Morgan fingerprint density at radius 2 is 1.50 bits per heavy atom. The molecule has 1 heterocycles. The van der Waals surface area contributed by atoms with Crippen LogP contribution in [0, 0.1) is 11.8 Å². The van der Waals surface area contributed by atoms with Gasteiger partial charge >= 0.3 is 0 Å². The highest BCUT2D eigenvalue weighted by molar-refractivity contribution is 5.06. The molecular weight excluding hydrogens is 244 g/mol. The minimum atomic E-state index is 0.173. The van der Waals surface area contributed by atoms with Gasteiger partial charge < -0.3 is 4.74 Å². The van der Waals surface area contributed by atoms with Crippen LogP contribution in [-0.4, -0.2) is 11.2 Å². The number of unbranched alkanes of at least 4 members (excludes halogenated alkanes) is 1. The molecule has 1 heteroatoms. The largest absolute Gasteiger partial charge is 0.369 e. The zero-order valence-electron chi connectivity index (χ0n) is 14.9. The van der Waals surface area contributed by atoms with Crippen molar-refractivity contribution in [1.29, 1.82) is 0 Å². The van der Waals surface area contributed by atoms with Crippen molar-refractivity contribution in [3.8, 4) is 0 Å². The van der Waals surface area contributed by atoms with Crippen LogP contribution in [0.15, 0.2) is 0 Å². The summed E-state index contributed by atoms with van der Waals surface area (Å²) in [6.07, 6.45) is 12.5. The van der Waals surface area contributed by atoms with E-state index in [0.717, 1.165) is 11.8 Å². The van der Waals surface area contributed by atoms with Crippen molar-refractivity contribution in [2.24, 2.45) is 11.8 Å². The molecule has 0 radical (unpaired) electrons. The quantitative estimate of drug-likeness (QED) is 0.544. The zero-order valence-corrected chi connectivity index (χ0v) is 14.9. The predicted octanol–water partition coefficient (Wildman–Crippen LogP) is 6.36. The predicted molar refractivity (Wildman–Crippen MR) is 89.1 cm³/mol. The lowest BCUT2D eigenvalue weighted by Crippen LogP contribution is -2.42. The highest BCUT2D eigenvalue weighted by Crippen LogP contribution is 2.58. The van der Waals surface area contributed by atoms with Gasteiger partial charge in [-0.05, 0) is 57.8 Å². The summed E-state index contributed by atoms with van der Waals surface area (Å²) >= 11 is 0. The molecule has 3 rings (SSSR count). The molecular formula is C19H38O. The van der Waals surface area contributed by atoms with Crippen molar-refractivity contribution in [1.82, 2.24) is 0 Å². The second-order valence-electron chi connectivity index (χ2n) is 7.19. The summed E-state index contributed by atoms with van der Waals surface area (Å²) in [5.74, 6) is 1.74. The first kappa shape index (κ1) is 18.0. The van der Waals surface area contributed by atoms with E-state index in [2.05, 4.69) is 27.7 Å². The Morgan fingerprint density at radius 3 is 2.10 bits per heavy atom. The van der Waals surface area contributed by atoms with E-state index in [9.17, 15) is 0 Å². The van der Waals surface area contributed by atoms with Crippen molar-refractivity contribution in [2.75, 3.05) is 0 Å². The van der Waals surface area contributed by atoms with Gasteiger partial charge in [0.2, 0.25) is 0 Å². The Labute approximate surface area is 127 Å². The Kier molecular flexibility index (Phi) is 7.04. The monoisotopic (exact) mass is 282 g/mol. The van der Waals surface area contributed by atoms with Gasteiger partial charge in [0.1, 0.15) is 0 Å². The molecule has 0 aromatic rings. The van der Waals surface area contributed by atoms with E-state index in [1.165, 1.54) is 57.8 Å². The van der Waals surface area contributed by atoms with Crippen LogP contribution in [0.25, 0.3) is 0 Å². The van der Waals surface area contributed by atoms with E-state index in [4.69, 9.17) is 4.74 Å². The van der Waals surface area contributed by atoms with E-state index in [1.807, 2.05) is 13.8 Å². The average molecular weight is 283 g/mol. The van der Waals surface area contributed by atoms with E-state index in [1.54, 1.807) is 0 Å². The third-order valence-electron chi connectivity index (χ3n) is 5.55. The third-order valence-corrected chi connectivity index (χ3v) is 5.55. The topological polar surface area (TPSA) is 9.23 Å². The first-order valence-electron chi connectivity index (χ1n) is 9.24. The van der Waals surface area contributed by atoms with Gasteiger partial charge in [-0.1, -0.05) is 53.4 Å². The molecule has 120 valence electrons. The molecule has 3 atom stereocenters. The second-order valence-corrected chi connectivity index (χ2v) is 7.19. The molecule has 1 spiro atoms. The average Bonchev–Trinajstić information content (AvgIpc) is 2.66. The van der Waals surface area contributed by atoms with Crippen LogP contribution in [-0.2, 0) is 4.74 Å². The van der Waals surface area contributed by atoms with Gasteiger partial charge in [0.05, 0.1) is 11.2 Å². The fraction of sp³-hybridized carbons (Fsp3) is 1.00. The minimum absolute atomic E-state index is 0.173. The highest BCUT2D eigenvalue weighted by atomic mass is 16.5. The molecule has 1 nitrogen and oxygen atoms in total. The summed E-state index contributed by atoms with van der Waals surface area (Å²) in [6, 6.07) is 0. The van der Waals surface area contributed by atoms with Gasteiger partial charge in [-0.15, -0.1) is 0 Å². The molecule has 2 bridgehead atoms. The molecule has 0 amide bonds. The summed E-state index contributed by atoms with van der Waals surface area (Å²) in [6.45, 7) is 13.0. The Balaban J connectivity index is 0.000000291. The summed E-state index contributed by atoms with van der Waals surface area (Å²) in [5, 5.41) is 0. The highest BCUT2D eigenvalue weighted by Gasteiger charge is 2.57. The normalized spacial score (nSPS) is 36.9. The maximum Gasteiger partial charge on any atom is 0.0721 e. The molecule has 2 saturated carbocycles. The molecule has 3 aliphatic rings. The molecule has 3 fully saturated rings. The number of hydrogen-bond donors (Lipinski definition) is 0. The molecule has 0 N–H and O–H groups in total. The first-order chi connectivity index (χ1) is 9.54. The molecule has 3 unspecified atom stereocenters. The van der Waals surface area contributed by atoms with Crippen molar-refractivity contribution in [3.63, 3.8) is 0 Å². The van der Waals surface area contributed by atoms with Crippen molar-refractivity contribution >= 4 is 0 Å². The van der Waals surface area contributed by atoms with Crippen LogP contribution in [0.4, 0.5) is 0 Å². The number of rotatable bonds is 1. The smallest absolute Gasteiger partial charge is 0.0721 e. The molecule has 20 heavy (non-hydrogen) atoms. The second kappa shape index (κ2) is 7.82. The molecule has 0 aromatic carbocycles.